The van der Waals surface area contributed by atoms with Crippen LogP contribution in [-0.2, 0) is 15.0 Å². The molecule has 1 rings (SSSR count). The van der Waals surface area contributed by atoms with Crippen LogP contribution >= 0.6 is 0 Å². The van der Waals surface area contributed by atoms with E-state index in [0.717, 1.165) is 5.69 Å². The van der Waals surface area contributed by atoms with Crippen molar-refractivity contribution in [2.24, 2.45) is 5.41 Å². The van der Waals surface area contributed by atoms with E-state index >= 15 is 0 Å². The molecule has 0 aromatic carbocycles. The molecule has 0 aliphatic heterocycles. The molecule has 1 aromatic rings. The lowest BCUT2D eigenvalue weighted by Gasteiger charge is -2.26. The zero-order chi connectivity index (χ0) is 14.0. The fourth-order valence-corrected chi connectivity index (χ4v) is 1.47. The molecule has 0 unspecified atom stereocenters. The summed E-state index contributed by atoms with van der Waals surface area (Å²) in [5.74, 6) is -1.60. The fraction of sp³-hybridized carbons (Fsp3) is 0.538. The van der Waals surface area contributed by atoms with Gasteiger partial charge in [0.25, 0.3) is 0 Å². The van der Waals surface area contributed by atoms with Crippen LogP contribution in [0.1, 0.15) is 33.4 Å². The first-order valence-corrected chi connectivity index (χ1v) is 5.83. The smallest absolute Gasteiger partial charge is 0.318 e. The molecule has 1 amide bonds. The van der Waals surface area contributed by atoms with Crippen molar-refractivity contribution in [3.8, 4) is 0 Å². The molecule has 0 fully saturated rings. The average molecular weight is 252 g/mol. The second kappa shape index (κ2) is 4.84. The molecule has 0 aliphatic carbocycles. The lowest BCUT2D eigenvalue weighted by molar-refractivity contribution is -0.153. The first-order valence-electron chi connectivity index (χ1n) is 5.83. The minimum atomic E-state index is -1.41. The molecular weight excluding hydrogens is 232 g/mol. The Morgan fingerprint density at radius 2 is 1.94 bits per heavy atom. The van der Waals surface area contributed by atoms with Crippen molar-refractivity contribution in [2.75, 3.05) is 6.54 Å². The van der Waals surface area contributed by atoms with Crippen LogP contribution in [0.2, 0.25) is 0 Å². The van der Waals surface area contributed by atoms with Crippen molar-refractivity contribution < 1.29 is 14.7 Å². The monoisotopic (exact) mass is 252 g/mol. The van der Waals surface area contributed by atoms with Gasteiger partial charge < -0.3 is 15.4 Å². The first kappa shape index (κ1) is 14.3. The molecule has 0 atom stereocenters. The Morgan fingerprint density at radius 3 is 2.39 bits per heavy atom. The summed E-state index contributed by atoms with van der Waals surface area (Å²) >= 11 is 0. The summed E-state index contributed by atoms with van der Waals surface area (Å²) in [6.07, 6.45) is 1.82. The van der Waals surface area contributed by atoms with Crippen LogP contribution in [-0.4, -0.2) is 28.5 Å². The van der Waals surface area contributed by atoms with Crippen molar-refractivity contribution in [2.45, 2.75) is 33.1 Å². The number of carbonyl (C=O) groups excluding carboxylic acids is 1. The predicted molar refractivity (Wildman–Crippen MR) is 68.2 cm³/mol. The van der Waals surface area contributed by atoms with Crippen molar-refractivity contribution in [3.63, 3.8) is 0 Å². The van der Waals surface area contributed by atoms with Crippen LogP contribution in [0.4, 0.5) is 0 Å². The molecule has 3 N–H and O–H groups in total. The van der Waals surface area contributed by atoms with Gasteiger partial charge >= 0.3 is 5.97 Å². The van der Waals surface area contributed by atoms with Gasteiger partial charge in [0.15, 0.2) is 0 Å². The highest BCUT2D eigenvalue weighted by Crippen LogP contribution is 2.21. The normalized spacial score (nSPS) is 12.2. The molecule has 5 nitrogen and oxygen atoms in total. The minimum absolute atomic E-state index is 0.270. The Bertz CT molecular complexity index is 433. The molecular formula is C13H20N2O3. The summed E-state index contributed by atoms with van der Waals surface area (Å²) in [6, 6.07) is 3.83. The van der Waals surface area contributed by atoms with Crippen LogP contribution in [0.3, 0.4) is 0 Å². The molecule has 5 heteroatoms. The van der Waals surface area contributed by atoms with Crippen LogP contribution in [0, 0.1) is 5.41 Å². The van der Waals surface area contributed by atoms with Crippen molar-refractivity contribution >= 4 is 11.9 Å². The highest BCUT2D eigenvalue weighted by atomic mass is 16.4. The van der Waals surface area contributed by atoms with Crippen LogP contribution in [0.15, 0.2) is 18.3 Å². The number of aliphatic carboxylic acids is 1. The topological polar surface area (TPSA) is 82.2 Å². The SMILES string of the molecule is CC(C)(C(=O)O)C(=O)NCC(C)(C)c1ccc[nH]1. The summed E-state index contributed by atoms with van der Waals surface area (Å²) in [5.41, 5.74) is -0.685. The second-order valence-corrected chi connectivity index (χ2v) is 5.58. The van der Waals surface area contributed by atoms with Crippen LogP contribution in [0.25, 0.3) is 0 Å². The third kappa shape index (κ3) is 2.91. The molecule has 0 spiro atoms. The molecule has 100 valence electrons. The van der Waals surface area contributed by atoms with E-state index < -0.39 is 17.3 Å². The first-order chi connectivity index (χ1) is 8.18. The quantitative estimate of drug-likeness (QED) is 0.695. The average Bonchev–Trinajstić information content (AvgIpc) is 2.79. The third-order valence-electron chi connectivity index (χ3n) is 3.12. The van der Waals surface area contributed by atoms with Gasteiger partial charge in [-0.15, -0.1) is 0 Å². The van der Waals surface area contributed by atoms with E-state index in [9.17, 15) is 9.59 Å². The number of amides is 1. The Hall–Kier alpha value is -1.78. The number of rotatable bonds is 5. The molecule has 18 heavy (non-hydrogen) atoms. The molecule has 0 saturated carbocycles. The van der Waals surface area contributed by atoms with Crippen molar-refractivity contribution in [1.82, 2.24) is 10.3 Å². The minimum Gasteiger partial charge on any atom is -0.480 e. The lowest BCUT2D eigenvalue weighted by atomic mass is 9.87. The molecule has 1 aromatic heterocycles. The zero-order valence-electron chi connectivity index (χ0n) is 11.2. The van der Waals surface area contributed by atoms with Crippen LogP contribution < -0.4 is 5.32 Å². The van der Waals surface area contributed by atoms with E-state index in [0.29, 0.717) is 6.54 Å². The summed E-state index contributed by atoms with van der Waals surface area (Å²) in [6.45, 7) is 7.13. The fourth-order valence-electron chi connectivity index (χ4n) is 1.47. The van der Waals surface area contributed by atoms with Gasteiger partial charge in [0.2, 0.25) is 5.91 Å². The summed E-state index contributed by atoms with van der Waals surface area (Å²) in [7, 11) is 0. The highest BCUT2D eigenvalue weighted by Gasteiger charge is 2.36. The maximum absolute atomic E-state index is 11.8. The Labute approximate surface area is 107 Å². The summed E-state index contributed by atoms with van der Waals surface area (Å²) < 4.78 is 0. The van der Waals surface area contributed by atoms with Gasteiger partial charge in [0.1, 0.15) is 5.41 Å². The number of nitrogens with one attached hydrogen (secondary N) is 2. The third-order valence-corrected chi connectivity index (χ3v) is 3.12. The van der Waals surface area contributed by atoms with E-state index in [1.807, 2.05) is 32.2 Å². The maximum Gasteiger partial charge on any atom is 0.318 e. The summed E-state index contributed by atoms with van der Waals surface area (Å²) in [5, 5.41) is 11.7. The largest absolute Gasteiger partial charge is 0.480 e. The van der Waals surface area contributed by atoms with Crippen molar-refractivity contribution in [3.05, 3.63) is 24.0 Å². The molecule has 0 radical (unpaired) electrons. The Balaban J connectivity index is 2.66. The molecule has 0 aliphatic rings. The van der Waals surface area contributed by atoms with E-state index in [2.05, 4.69) is 10.3 Å². The number of carboxylic acid groups (broad SMARTS) is 1. The predicted octanol–water partition coefficient (Wildman–Crippen LogP) is 1.52. The van der Waals surface area contributed by atoms with E-state index in [1.165, 1.54) is 13.8 Å². The molecule has 0 bridgehead atoms. The van der Waals surface area contributed by atoms with E-state index in [4.69, 9.17) is 5.11 Å². The van der Waals surface area contributed by atoms with Gasteiger partial charge in [-0.25, -0.2) is 0 Å². The molecule has 1 heterocycles. The van der Waals surface area contributed by atoms with Crippen LogP contribution in [0.5, 0.6) is 0 Å². The second-order valence-electron chi connectivity index (χ2n) is 5.58. The van der Waals surface area contributed by atoms with Gasteiger partial charge in [-0.2, -0.15) is 0 Å². The lowest BCUT2D eigenvalue weighted by Crippen LogP contribution is -2.46. The number of aromatic nitrogens is 1. The van der Waals surface area contributed by atoms with Gasteiger partial charge in [-0.05, 0) is 26.0 Å². The number of carbonyl (C=O) groups is 2. The summed E-state index contributed by atoms with van der Waals surface area (Å²) in [4.78, 5) is 25.9. The number of hydrogen-bond donors (Lipinski definition) is 3. The number of aromatic amines is 1. The Kier molecular flexibility index (Phi) is 3.84. The molecule has 0 saturated heterocycles. The van der Waals surface area contributed by atoms with Crippen molar-refractivity contribution in [1.29, 1.82) is 0 Å². The highest BCUT2D eigenvalue weighted by molar-refractivity contribution is 6.00. The Morgan fingerprint density at radius 1 is 1.33 bits per heavy atom. The van der Waals surface area contributed by atoms with Gasteiger partial charge in [0.05, 0.1) is 0 Å². The van der Waals surface area contributed by atoms with Gasteiger partial charge in [0, 0.05) is 23.9 Å². The number of carboxylic acids is 1. The number of hydrogen-bond acceptors (Lipinski definition) is 2. The zero-order valence-corrected chi connectivity index (χ0v) is 11.2. The van der Waals surface area contributed by atoms with E-state index in [-0.39, 0.29) is 5.41 Å². The maximum atomic E-state index is 11.8. The van der Waals surface area contributed by atoms with Gasteiger partial charge in [-0.3, -0.25) is 9.59 Å². The standard InChI is InChI=1S/C13H20N2O3/c1-12(2,9-6-5-7-14-9)8-15-10(16)13(3,4)11(17)18/h5-7,14H,8H2,1-4H3,(H,15,16)(H,17,18). The van der Waals surface area contributed by atoms with Gasteiger partial charge in [-0.1, -0.05) is 13.8 Å². The number of H-pyrrole nitrogens is 1. The van der Waals surface area contributed by atoms with E-state index in [1.54, 1.807) is 0 Å².